The second-order valence-electron chi connectivity index (χ2n) is 5.04. The van der Waals surface area contributed by atoms with Gasteiger partial charge in [-0.25, -0.2) is 9.59 Å². The van der Waals surface area contributed by atoms with Gasteiger partial charge in [0.05, 0.1) is 0 Å². The van der Waals surface area contributed by atoms with Crippen molar-refractivity contribution in [2.45, 2.75) is 64.5 Å². The molecule has 0 bridgehead atoms. The molecule has 0 fully saturated rings. The molecule has 0 spiro atoms. The van der Waals surface area contributed by atoms with E-state index in [0.29, 0.717) is 19.4 Å². The van der Waals surface area contributed by atoms with E-state index >= 15 is 0 Å². The molecule has 2 unspecified atom stereocenters. The number of amides is 2. The molecular formula is C14H28N2O4. The zero-order valence-electron chi connectivity index (χ0n) is 12.8. The predicted octanol–water partition coefficient (Wildman–Crippen LogP) is 2.13. The maximum atomic E-state index is 11.7. The maximum absolute atomic E-state index is 11.7. The van der Waals surface area contributed by atoms with Crippen LogP contribution in [0.15, 0.2) is 0 Å². The van der Waals surface area contributed by atoms with Gasteiger partial charge in [0.25, 0.3) is 0 Å². The summed E-state index contributed by atoms with van der Waals surface area (Å²) >= 11 is 0. The summed E-state index contributed by atoms with van der Waals surface area (Å²) in [4.78, 5) is 22.8. The number of methoxy groups -OCH3 is 1. The number of hydrogen-bond acceptors (Lipinski definition) is 3. The van der Waals surface area contributed by atoms with Gasteiger partial charge in [0.2, 0.25) is 0 Å². The van der Waals surface area contributed by atoms with Crippen LogP contribution in [0.4, 0.5) is 4.79 Å². The topological polar surface area (TPSA) is 87.7 Å². The molecular weight excluding hydrogens is 260 g/mol. The Kier molecular flexibility index (Phi) is 10.8. The number of carbonyl (C=O) groups is 2. The fourth-order valence-corrected chi connectivity index (χ4v) is 1.89. The Labute approximate surface area is 121 Å². The van der Waals surface area contributed by atoms with Gasteiger partial charge in [0.15, 0.2) is 0 Å². The van der Waals surface area contributed by atoms with Gasteiger partial charge in [-0.2, -0.15) is 0 Å². The average Bonchev–Trinajstić information content (AvgIpc) is 2.37. The third-order valence-electron chi connectivity index (χ3n) is 3.06. The lowest BCUT2D eigenvalue weighted by atomic mass is 10.1. The molecule has 0 aliphatic heterocycles. The van der Waals surface area contributed by atoms with E-state index in [1.165, 1.54) is 0 Å². The zero-order valence-corrected chi connectivity index (χ0v) is 12.8. The second kappa shape index (κ2) is 11.5. The van der Waals surface area contributed by atoms with Crippen molar-refractivity contribution in [3.05, 3.63) is 0 Å². The van der Waals surface area contributed by atoms with Crippen molar-refractivity contribution in [1.82, 2.24) is 10.6 Å². The molecule has 0 aromatic heterocycles. The van der Waals surface area contributed by atoms with E-state index in [0.717, 1.165) is 25.7 Å². The molecule has 0 saturated heterocycles. The minimum atomic E-state index is -1.02. The largest absolute Gasteiger partial charge is 0.480 e. The van der Waals surface area contributed by atoms with E-state index in [1.54, 1.807) is 7.11 Å². The highest BCUT2D eigenvalue weighted by molar-refractivity contribution is 5.82. The molecule has 0 aliphatic rings. The predicted molar refractivity (Wildman–Crippen MR) is 77.8 cm³/mol. The van der Waals surface area contributed by atoms with Crippen molar-refractivity contribution in [2.75, 3.05) is 13.7 Å². The molecule has 2 amide bonds. The summed E-state index contributed by atoms with van der Waals surface area (Å²) in [7, 11) is 1.56. The van der Waals surface area contributed by atoms with Gasteiger partial charge in [-0.05, 0) is 26.2 Å². The van der Waals surface area contributed by atoms with Crippen molar-refractivity contribution in [2.24, 2.45) is 0 Å². The number of urea groups is 1. The van der Waals surface area contributed by atoms with Gasteiger partial charge in [0.1, 0.15) is 6.04 Å². The summed E-state index contributed by atoms with van der Waals surface area (Å²) in [5.41, 5.74) is 0. The minimum Gasteiger partial charge on any atom is -0.480 e. The number of carbonyl (C=O) groups excluding carboxylic acids is 1. The number of carboxylic acid groups (broad SMARTS) is 1. The second-order valence-corrected chi connectivity index (χ2v) is 5.04. The Morgan fingerprint density at radius 1 is 1.15 bits per heavy atom. The van der Waals surface area contributed by atoms with Crippen LogP contribution in [0.2, 0.25) is 0 Å². The van der Waals surface area contributed by atoms with Gasteiger partial charge in [-0.15, -0.1) is 0 Å². The SMILES string of the molecule is CCCCCC(C)NC(=O)NC(CCCOC)C(=O)O. The third kappa shape index (κ3) is 9.61. The smallest absolute Gasteiger partial charge is 0.326 e. The van der Waals surface area contributed by atoms with Gasteiger partial charge in [-0.1, -0.05) is 26.2 Å². The van der Waals surface area contributed by atoms with Crippen LogP contribution in [-0.4, -0.2) is 42.9 Å². The summed E-state index contributed by atoms with van der Waals surface area (Å²) in [6.07, 6.45) is 5.21. The zero-order chi connectivity index (χ0) is 15.4. The highest BCUT2D eigenvalue weighted by Gasteiger charge is 2.19. The first-order chi connectivity index (χ1) is 9.51. The van der Waals surface area contributed by atoms with Crippen molar-refractivity contribution in [3.63, 3.8) is 0 Å². The monoisotopic (exact) mass is 288 g/mol. The van der Waals surface area contributed by atoms with Crippen molar-refractivity contribution >= 4 is 12.0 Å². The number of aliphatic carboxylic acids is 1. The number of ether oxygens (including phenoxy) is 1. The molecule has 0 aromatic rings. The van der Waals surface area contributed by atoms with Crippen molar-refractivity contribution in [1.29, 1.82) is 0 Å². The molecule has 0 aliphatic carbocycles. The molecule has 6 nitrogen and oxygen atoms in total. The summed E-state index contributed by atoms with van der Waals surface area (Å²) in [6, 6.07) is -1.23. The Bertz CT molecular complexity index is 284. The highest BCUT2D eigenvalue weighted by atomic mass is 16.5. The van der Waals surface area contributed by atoms with E-state index in [4.69, 9.17) is 9.84 Å². The molecule has 6 heteroatoms. The number of carboxylic acids is 1. The first-order valence-electron chi connectivity index (χ1n) is 7.30. The fourth-order valence-electron chi connectivity index (χ4n) is 1.89. The molecule has 20 heavy (non-hydrogen) atoms. The Morgan fingerprint density at radius 2 is 1.85 bits per heavy atom. The normalized spacial score (nSPS) is 13.6. The lowest BCUT2D eigenvalue weighted by Gasteiger charge is -2.18. The lowest BCUT2D eigenvalue weighted by molar-refractivity contribution is -0.139. The van der Waals surface area contributed by atoms with Crippen LogP contribution >= 0.6 is 0 Å². The van der Waals surface area contributed by atoms with E-state index in [-0.39, 0.29) is 6.04 Å². The highest BCUT2D eigenvalue weighted by Crippen LogP contribution is 2.03. The van der Waals surface area contributed by atoms with Crippen molar-refractivity contribution < 1.29 is 19.4 Å². The standard InChI is InChI=1S/C14H28N2O4/c1-4-5-6-8-11(2)15-14(19)16-12(13(17)18)9-7-10-20-3/h11-12H,4-10H2,1-3H3,(H,17,18)(H2,15,16,19). The number of hydrogen-bond donors (Lipinski definition) is 3. The van der Waals surface area contributed by atoms with E-state index in [9.17, 15) is 9.59 Å². The molecule has 3 N–H and O–H groups in total. The molecule has 118 valence electrons. The first kappa shape index (κ1) is 18.7. The Hall–Kier alpha value is -1.30. The van der Waals surface area contributed by atoms with E-state index in [1.807, 2.05) is 6.92 Å². The molecule has 2 atom stereocenters. The van der Waals surface area contributed by atoms with Crippen molar-refractivity contribution in [3.8, 4) is 0 Å². The minimum absolute atomic E-state index is 0.0509. The van der Waals surface area contributed by atoms with Crippen LogP contribution in [-0.2, 0) is 9.53 Å². The van der Waals surface area contributed by atoms with Crippen LogP contribution in [0.25, 0.3) is 0 Å². The number of nitrogens with one attached hydrogen (secondary N) is 2. The van der Waals surface area contributed by atoms with Crippen LogP contribution in [0.5, 0.6) is 0 Å². The van der Waals surface area contributed by atoms with Gasteiger partial charge in [-0.3, -0.25) is 0 Å². The first-order valence-corrected chi connectivity index (χ1v) is 7.30. The fraction of sp³-hybridized carbons (Fsp3) is 0.857. The summed E-state index contributed by atoms with van der Waals surface area (Å²) < 4.78 is 4.88. The lowest BCUT2D eigenvalue weighted by Crippen LogP contribution is -2.48. The number of unbranched alkanes of at least 4 members (excludes halogenated alkanes) is 2. The van der Waals surface area contributed by atoms with Gasteiger partial charge < -0.3 is 20.5 Å². The Balaban J connectivity index is 4.02. The van der Waals surface area contributed by atoms with E-state index in [2.05, 4.69) is 17.6 Å². The molecule has 0 heterocycles. The average molecular weight is 288 g/mol. The summed E-state index contributed by atoms with van der Waals surface area (Å²) in [6.45, 7) is 4.54. The van der Waals surface area contributed by atoms with Crippen LogP contribution in [0.3, 0.4) is 0 Å². The Morgan fingerprint density at radius 3 is 2.40 bits per heavy atom. The van der Waals surface area contributed by atoms with Crippen LogP contribution in [0, 0.1) is 0 Å². The molecule has 0 aromatic carbocycles. The summed E-state index contributed by atoms with van der Waals surface area (Å²) in [5.74, 6) is -1.02. The molecule has 0 rings (SSSR count). The molecule has 0 saturated carbocycles. The third-order valence-corrected chi connectivity index (χ3v) is 3.06. The van der Waals surface area contributed by atoms with Gasteiger partial charge in [0, 0.05) is 19.8 Å². The maximum Gasteiger partial charge on any atom is 0.326 e. The summed E-state index contributed by atoms with van der Waals surface area (Å²) in [5, 5.41) is 14.3. The quantitative estimate of drug-likeness (QED) is 0.508. The molecule has 0 radical (unpaired) electrons. The van der Waals surface area contributed by atoms with Crippen LogP contribution in [0.1, 0.15) is 52.4 Å². The van der Waals surface area contributed by atoms with E-state index < -0.39 is 18.0 Å². The van der Waals surface area contributed by atoms with Crippen LogP contribution < -0.4 is 10.6 Å². The number of rotatable bonds is 11. The van der Waals surface area contributed by atoms with Gasteiger partial charge >= 0.3 is 12.0 Å².